The molecule has 0 saturated carbocycles. The summed E-state index contributed by atoms with van der Waals surface area (Å²) in [6, 6.07) is 11.0. The average molecular weight is 375 g/mol. The van der Waals surface area contributed by atoms with Crippen molar-refractivity contribution in [1.29, 1.82) is 0 Å². The Kier molecular flexibility index (Phi) is 5.33. The lowest BCUT2D eigenvalue weighted by Gasteiger charge is -2.16. The molecular formula is C15H14BrCl2NO. The second-order valence-electron chi connectivity index (χ2n) is 4.43. The lowest BCUT2D eigenvalue weighted by Crippen LogP contribution is -2.14. The van der Waals surface area contributed by atoms with Crippen molar-refractivity contribution >= 4 is 39.1 Å². The molecule has 5 heteroatoms. The molecule has 2 aromatic carbocycles. The summed E-state index contributed by atoms with van der Waals surface area (Å²) in [6.45, 7) is 0. The molecule has 0 fully saturated rings. The standard InChI is InChI=1S/C15H14BrCl2NO/c1-20-15-5-3-11(17)6-9(15)7-14(19)12-4-2-10(16)8-13(12)18/h2-6,8,14H,7,19H2,1H3. The summed E-state index contributed by atoms with van der Waals surface area (Å²) >= 11 is 15.6. The minimum atomic E-state index is -0.219. The number of ether oxygens (including phenoxy) is 1. The van der Waals surface area contributed by atoms with Crippen molar-refractivity contribution in [3.8, 4) is 5.75 Å². The molecular weight excluding hydrogens is 361 g/mol. The molecule has 0 radical (unpaired) electrons. The molecule has 0 aromatic heterocycles. The second-order valence-corrected chi connectivity index (χ2v) is 6.19. The third-order valence-corrected chi connectivity index (χ3v) is 4.10. The molecule has 2 nitrogen and oxygen atoms in total. The Morgan fingerprint density at radius 1 is 1.20 bits per heavy atom. The Hall–Kier alpha value is -0.740. The molecule has 0 spiro atoms. The van der Waals surface area contributed by atoms with E-state index in [-0.39, 0.29) is 6.04 Å². The maximum Gasteiger partial charge on any atom is 0.122 e. The topological polar surface area (TPSA) is 35.2 Å². The van der Waals surface area contributed by atoms with Crippen LogP contribution in [-0.2, 0) is 6.42 Å². The molecule has 1 atom stereocenters. The highest BCUT2D eigenvalue weighted by atomic mass is 79.9. The lowest BCUT2D eigenvalue weighted by molar-refractivity contribution is 0.408. The number of halogens is 3. The Labute approximate surface area is 137 Å². The zero-order valence-electron chi connectivity index (χ0n) is 10.9. The van der Waals surface area contributed by atoms with Crippen LogP contribution in [0.2, 0.25) is 10.0 Å². The van der Waals surface area contributed by atoms with E-state index < -0.39 is 0 Å². The Morgan fingerprint density at radius 2 is 1.95 bits per heavy atom. The first-order valence-electron chi connectivity index (χ1n) is 6.04. The Morgan fingerprint density at radius 3 is 2.60 bits per heavy atom. The molecule has 2 N–H and O–H groups in total. The van der Waals surface area contributed by atoms with Crippen LogP contribution in [0, 0.1) is 0 Å². The van der Waals surface area contributed by atoms with Crippen LogP contribution >= 0.6 is 39.1 Å². The van der Waals surface area contributed by atoms with Crippen molar-refractivity contribution in [2.45, 2.75) is 12.5 Å². The smallest absolute Gasteiger partial charge is 0.122 e. The molecule has 0 aliphatic carbocycles. The summed E-state index contributed by atoms with van der Waals surface area (Å²) in [5.41, 5.74) is 8.12. The molecule has 0 saturated heterocycles. The largest absolute Gasteiger partial charge is 0.496 e. The molecule has 1 unspecified atom stereocenters. The van der Waals surface area contributed by atoms with Crippen LogP contribution in [-0.4, -0.2) is 7.11 Å². The number of hydrogen-bond donors (Lipinski definition) is 1. The number of benzene rings is 2. The van der Waals surface area contributed by atoms with Crippen LogP contribution < -0.4 is 10.5 Å². The number of methoxy groups -OCH3 is 1. The molecule has 0 aliphatic heterocycles. The van der Waals surface area contributed by atoms with Gasteiger partial charge in [0.15, 0.2) is 0 Å². The van der Waals surface area contributed by atoms with E-state index in [1.165, 1.54) is 0 Å². The molecule has 2 rings (SSSR count). The van der Waals surface area contributed by atoms with Crippen LogP contribution in [0.3, 0.4) is 0 Å². The van der Waals surface area contributed by atoms with Gasteiger partial charge < -0.3 is 10.5 Å². The number of hydrogen-bond acceptors (Lipinski definition) is 2. The van der Waals surface area contributed by atoms with Gasteiger partial charge in [-0.05, 0) is 47.9 Å². The first-order valence-corrected chi connectivity index (χ1v) is 7.59. The van der Waals surface area contributed by atoms with Crippen molar-refractivity contribution in [3.63, 3.8) is 0 Å². The van der Waals surface area contributed by atoms with E-state index in [0.717, 1.165) is 21.3 Å². The maximum atomic E-state index is 6.25. The van der Waals surface area contributed by atoms with Crippen molar-refractivity contribution in [3.05, 3.63) is 62.0 Å². The quantitative estimate of drug-likeness (QED) is 0.816. The summed E-state index contributed by atoms with van der Waals surface area (Å²) in [5.74, 6) is 0.776. The van der Waals surface area contributed by atoms with Gasteiger partial charge >= 0.3 is 0 Å². The zero-order chi connectivity index (χ0) is 14.7. The highest BCUT2D eigenvalue weighted by Crippen LogP contribution is 2.30. The SMILES string of the molecule is COc1ccc(Cl)cc1CC(N)c1ccc(Br)cc1Cl. The summed E-state index contributed by atoms with van der Waals surface area (Å²) in [4.78, 5) is 0. The van der Waals surface area contributed by atoms with E-state index in [0.29, 0.717) is 16.5 Å². The molecule has 0 heterocycles. The minimum absolute atomic E-state index is 0.219. The van der Waals surface area contributed by atoms with Gasteiger partial charge in [0, 0.05) is 20.6 Å². The minimum Gasteiger partial charge on any atom is -0.496 e. The van der Waals surface area contributed by atoms with Crippen LogP contribution in [0.1, 0.15) is 17.2 Å². The predicted molar refractivity (Wildman–Crippen MR) is 87.8 cm³/mol. The monoisotopic (exact) mass is 373 g/mol. The van der Waals surface area contributed by atoms with Crippen molar-refractivity contribution in [2.75, 3.05) is 7.11 Å². The van der Waals surface area contributed by atoms with Gasteiger partial charge in [0.25, 0.3) is 0 Å². The van der Waals surface area contributed by atoms with Gasteiger partial charge in [-0.25, -0.2) is 0 Å². The fourth-order valence-corrected chi connectivity index (χ4v) is 3.06. The molecule has 2 aromatic rings. The van der Waals surface area contributed by atoms with Gasteiger partial charge in [-0.1, -0.05) is 45.2 Å². The third kappa shape index (κ3) is 3.67. The van der Waals surface area contributed by atoms with Crippen molar-refractivity contribution in [1.82, 2.24) is 0 Å². The Balaban J connectivity index is 2.27. The normalized spacial score (nSPS) is 12.2. The summed E-state index contributed by atoms with van der Waals surface area (Å²) in [5, 5.41) is 1.31. The van der Waals surface area contributed by atoms with Crippen LogP contribution in [0.5, 0.6) is 5.75 Å². The van der Waals surface area contributed by atoms with Crippen LogP contribution in [0.4, 0.5) is 0 Å². The van der Waals surface area contributed by atoms with Crippen molar-refractivity contribution in [2.24, 2.45) is 5.73 Å². The molecule has 0 amide bonds. The molecule has 0 bridgehead atoms. The fourth-order valence-electron chi connectivity index (χ4n) is 2.06. The van der Waals surface area contributed by atoms with E-state index in [9.17, 15) is 0 Å². The molecule has 20 heavy (non-hydrogen) atoms. The first kappa shape index (κ1) is 15.6. The zero-order valence-corrected chi connectivity index (χ0v) is 14.0. The van der Waals surface area contributed by atoms with Gasteiger partial charge in [-0.3, -0.25) is 0 Å². The van der Waals surface area contributed by atoms with E-state index in [4.69, 9.17) is 33.7 Å². The highest BCUT2D eigenvalue weighted by Gasteiger charge is 2.14. The summed E-state index contributed by atoms with van der Waals surface area (Å²) < 4.78 is 6.26. The predicted octanol–water partition coefficient (Wildman–Crippen LogP) is 5.01. The average Bonchev–Trinajstić information content (AvgIpc) is 2.38. The van der Waals surface area contributed by atoms with Gasteiger partial charge in [0.05, 0.1) is 7.11 Å². The van der Waals surface area contributed by atoms with Crippen LogP contribution in [0.15, 0.2) is 40.9 Å². The van der Waals surface area contributed by atoms with Gasteiger partial charge in [0.1, 0.15) is 5.75 Å². The lowest BCUT2D eigenvalue weighted by atomic mass is 9.99. The highest BCUT2D eigenvalue weighted by molar-refractivity contribution is 9.10. The van der Waals surface area contributed by atoms with E-state index in [1.807, 2.05) is 30.3 Å². The van der Waals surface area contributed by atoms with Gasteiger partial charge in [-0.15, -0.1) is 0 Å². The summed E-state index contributed by atoms with van der Waals surface area (Å²) in [6.07, 6.45) is 0.602. The Bertz CT molecular complexity index is 619. The van der Waals surface area contributed by atoms with E-state index >= 15 is 0 Å². The first-order chi connectivity index (χ1) is 9.51. The van der Waals surface area contributed by atoms with E-state index in [1.54, 1.807) is 13.2 Å². The third-order valence-electron chi connectivity index (χ3n) is 3.04. The number of nitrogens with two attached hydrogens (primary N) is 1. The number of rotatable bonds is 4. The summed E-state index contributed by atoms with van der Waals surface area (Å²) in [7, 11) is 1.63. The second kappa shape index (κ2) is 6.81. The maximum absolute atomic E-state index is 6.25. The van der Waals surface area contributed by atoms with Crippen molar-refractivity contribution < 1.29 is 4.74 Å². The van der Waals surface area contributed by atoms with E-state index in [2.05, 4.69) is 15.9 Å². The molecule has 0 aliphatic rings. The van der Waals surface area contributed by atoms with Gasteiger partial charge in [-0.2, -0.15) is 0 Å². The van der Waals surface area contributed by atoms with Gasteiger partial charge in [0.2, 0.25) is 0 Å². The van der Waals surface area contributed by atoms with Crippen LogP contribution in [0.25, 0.3) is 0 Å². The fraction of sp³-hybridized carbons (Fsp3) is 0.200. The molecule has 106 valence electrons.